The number of piperazine rings is 1. The van der Waals surface area contributed by atoms with Gasteiger partial charge < -0.3 is 18.4 Å². The van der Waals surface area contributed by atoms with Crippen LogP contribution in [0.1, 0.15) is 64.2 Å². The lowest BCUT2D eigenvalue weighted by molar-refractivity contribution is -1.02. The molecule has 2 aliphatic carbocycles. The van der Waals surface area contributed by atoms with Gasteiger partial charge in [0.1, 0.15) is 39.3 Å². The standard InChI is InChI=1S/C22H44N2O2/c1-23(17-19-25-21-9-5-3-6-10-21)13-15-24(2,16-14-23)18-20-26-22-11-7-4-8-12-22/h21-22H,3-20H2,1-2H3/q+2. The van der Waals surface area contributed by atoms with Crippen LogP contribution in [-0.4, -0.2) is 87.8 Å². The van der Waals surface area contributed by atoms with E-state index in [-0.39, 0.29) is 0 Å². The van der Waals surface area contributed by atoms with E-state index in [2.05, 4.69) is 14.1 Å². The second-order valence-electron chi connectivity index (χ2n) is 9.84. The van der Waals surface area contributed by atoms with Crippen LogP contribution in [0.4, 0.5) is 0 Å². The largest absolute Gasteiger partial charge is 0.372 e. The van der Waals surface area contributed by atoms with Crippen LogP contribution >= 0.6 is 0 Å². The number of hydrogen-bond donors (Lipinski definition) is 0. The maximum absolute atomic E-state index is 6.19. The zero-order valence-electron chi connectivity index (χ0n) is 17.6. The molecule has 0 atom stereocenters. The second kappa shape index (κ2) is 9.86. The van der Waals surface area contributed by atoms with E-state index in [4.69, 9.17) is 9.47 Å². The Hall–Kier alpha value is -0.160. The lowest BCUT2D eigenvalue weighted by Crippen LogP contribution is -2.65. The molecule has 0 N–H and O–H groups in total. The molecular weight excluding hydrogens is 324 g/mol. The summed E-state index contributed by atoms with van der Waals surface area (Å²) in [5.74, 6) is 0. The molecule has 3 aliphatic rings. The molecule has 1 aliphatic heterocycles. The van der Waals surface area contributed by atoms with Crippen molar-refractivity contribution in [2.45, 2.75) is 76.4 Å². The average molecular weight is 369 g/mol. The van der Waals surface area contributed by atoms with Crippen molar-refractivity contribution in [2.24, 2.45) is 0 Å². The minimum absolute atomic E-state index is 0.554. The van der Waals surface area contributed by atoms with Crippen LogP contribution in [0.15, 0.2) is 0 Å². The molecule has 4 nitrogen and oxygen atoms in total. The van der Waals surface area contributed by atoms with Crippen molar-refractivity contribution in [3.05, 3.63) is 0 Å². The summed E-state index contributed by atoms with van der Waals surface area (Å²) in [5, 5.41) is 0. The van der Waals surface area contributed by atoms with Crippen molar-refractivity contribution >= 4 is 0 Å². The predicted octanol–water partition coefficient (Wildman–Crippen LogP) is 3.59. The van der Waals surface area contributed by atoms with E-state index >= 15 is 0 Å². The summed E-state index contributed by atoms with van der Waals surface area (Å²) in [7, 11) is 4.87. The van der Waals surface area contributed by atoms with Gasteiger partial charge in [-0.2, -0.15) is 0 Å². The Morgan fingerprint density at radius 2 is 0.923 bits per heavy atom. The third-order valence-corrected chi connectivity index (χ3v) is 7.43. The predicted molar refractivity (Wildman–Crippen MR) is 107 cm³/mol. The van der Waals surface area contributed by atoms with Crippen molar-refractivity contribution in [3.8, 4) is 0 Å². The van der Waals surface area contributed by atoms with Gasteiger partial charge in [0.05, 0.1) is 39.5 Å². The minimum Gasteiger partial charge on any atom is -0.372 e. The highest BCUT2D eigenvalue weighted by atomic mass is 16.5. The first kappa shape index (κ1) is 20.6. The van der Waals surface area contributed by atoms with Crippen LogP contribution < -0.4 is 0 Å². The van der Waals surface area contributed by atoms with Gasteiger partial charge in [-0.15, -0.1) is 0 Å². The zero-order chi connectivity index (χ0) is 18.3. The molecule has 0 aromatic rings. The highest BCUT2D eigenvalue weighted by Gasteiger charge is 2.37. The molecule has 26 heavy (non-hydrogen) atoms. The maximum Gasteiger partial charge on any atom is 0.129 e. The van der Waals surface area contributed by atoms with Crippen LogP contribution in [0.25, 0.3) is 0 Å². The summed E-state index contributed by atoms with van der Waals surface area (Å²) in [6, 6.07) is 0. The lowest BCUT2D eigenvalue weighted by atomic mass is 9.98. The third kappa shape index (κ3) is 6.47. The van der Waals surface area contributed by atoms with Crippen molar-refractivity contribution in [1.82, 2.24) is 0 Å². The molecule has 1 heterocycles. The molecule has 0 radical (unpaired) electrons. The van der Waals surface area contributed by atoms with Crippen LogP contribution in [-0.2, 0) is 9.47 Å². The van der Waals surface area contributed by atoms with Crippen molar-refractivity contribution in [2.75, 3.05) is 66.6 Å². The quantitative estimate of drug-likeness (QED) is 0.610. The first-order chi connectivity index (χ1) is 12.6. The highest BCUT2D eigenvalue weighted by Crippen LogP contribution is 2.22. The fourth-order valence-corrected chi connectivity index (χ4v) is 4.98. The Morgan fingerprint density at radius 3 is 1.27 bits per heavy atom. The second-order valence-corrected chi connectivity index (χ2v) is 9.84. The molecule has 1 saturated heterocycles. The van der Waals surface area contributed by atoms with Crippen molar-refractivity contribution in [1.29, 1.82) is 0 Å². The van der Waals surface area contributed by atoms with E-state index in [0.717, 1.165) is 13.2 Å². The molecule has 0 aromatic carbocycles. The highest BCUT2D eigenvalue weighted by molar-refractivity contribution is 4.66. The molecule has 0 amide bonds. The van der Waals surface area contributed by atoms with Gasteiger partial charge in [-0.05, 0) is 25.7 Å². The molecule has 3 rings (SSSR count). The van der Waals surface area contributed by atoms with E-state index in [1.807, 2.05) is 0 Å². The number of rotatable bonds is 8. The number of nitrogens with zero attached hydrogens (tertiary/aromatic N) is 2. The molecule has 0 bridgehead atoms. The van der Waals surface area contributed by atoms with Gasteiger partial charge in [0, 0.05) is 0 Å². The van der Waals surface area contributed by atoms with Gasteiger partial charge in [0.15, 0.2) is 0 Å². The van der Waals surface area contributed by atoms with E-state index in [1.54, 1.807) is 0 Å². The van der Waals surface area contributed by atoms with Crippen LogP contribution in [0.5, 0.6) is 0 Å². The Kier molecular flexibility index (Phi) is 7.80. The Balaban J connectivity index is 1.31. The first-order valence-corrected chi connectivity index (χ1v) is 11.5. The number of hydrogen-bond acceptors (Lipinski definition) is 2. The fourth-order valence-electron chi connectivity index (χ4n) is 4.98. The summed E-state index contributed by atoms with van der Waals surface area (Å²) in [6.45, 7) is 9.43. The Morgan fingerprint density at radius 1 is 0.577 bits per heavy atom. The number of likely N-dealkylation sites (N-methyl/N-ethyl adjacent to an activating group) is 2. The summed E-state index contributed by atoms with van der Waals surface area (Å²) in [6.07, 6.45) is 14.6. The smallest absolute Gasteiger partial charge is 0.129 e. The zero-order valence-corrected chi connectivity index (χ0v) is 17.6. The van der Waals surface area contributed by atoms with Crippen LogP contribution in [0, 0.1) is 0 Å². The topological polar surface area (TPSA) is 18.5 Å². The van der Waals surface area contributed by atoms with Gasteiger partial charge in [0.2, 0.25) is 0 Å². The number of quaternary nitrogens is 2. The molecule has 152 valence electrons. The first-order valence-electron chi connectivity index (χ1n) is 11.5. The molecule has 0 aromatic heterocycles. The average Bonchev–Trinajstić information content (AvgIpc) is 2.67. The van der Waals surface area contributed by atoms with Gasteiger partial charge in [-0.1, -0.05) is 38.5 Å². The fraction of sp³-hybridized carbons (Fsp3) is 1.00. The summed E-state index contributed by atoms with van der Waals surface area (Å²) >= 11 is 0. The Labute approximate surface area is 162 Å². The molecule has 4 heteroatoms. The number of ether oxygens (including phenoxy) is 2. The van der Waals surface area contributed by atoms with Crippen molar-refractivity contribution < 1.29 is 18.4 Å². The van der Waals surface area contributed by atoms with Crippen LogP contribution in [0.2, 0.25) is 0 Å². The Bertz CT molecular complexity index is 357. The monoisotopic (exact) mass is 368 g/mol. The SMILES string of the molecule is C[N+]1(CCOC2CCCCC2)CC[N+](C)(CCOC2CCCCC2)CC1. The van der Waals surface area contributed by atoms with Gasteiger partial charge in [-0.25, -0.2) is 0 Å². The molecule has 3 fully saturated rings. The lowest BCUT2D eigenvalue weighted by Gasteiger charge is -2.46. The normalized spacial score (nSPS) is 34.8. The molecule has 0 spiro atoms. The molecule has 0 unspecified atom stereocenters. The summed E-state index contributed by atoms with van der Waals surface area (Å²) < 4.78 is 14.8. The summed E-state index contributed by atoms with van der Waals surface area (Å²) in [4.78, 5) is 0. The minimum atomic E-state index is 0.554. The van der Waals surface area contributed by atoms with E-state index < -0.39 is 0 Å². The maximum atomic E-state index is 6.19. The van der Waals surface area contributed by atoms with E-state index in [9.17, 15) is 0 Å². The van der Waals surface area contributed by atoms with Gasteiger partial charge in [-0.3, -0.25) is 0 Å². The molecular formula is C22H44N2O2+2. The van der Waals surface area contributed by atoms with Gasteiger partial charge >= 0.3 is 0 Å². The van der Waals surface area contributed by atoms with E-state index in [1.165, 1.54) is 112 Å². The van der Waals surface area contributed by atoms with Crippen LogP contribution in [0.3, 0.4) is 0 Å². The molecule has 2 saturated carbocycles. The van der Waals surface area contributed by atoms with Crippen molar-refractivity contribution in [3.63, 3.8) is 0 Å². The van der Waals surface area contributed by atoms with Gasteiger partial charge in [0.25, 0.3) is 0 Å². The third-order valence-electron chi connectivity index (χ3n) is 7.43. The summed E-state index contributed by atoms with van der Waals surface area (Å²) in [5.41, 5.74) is 0. The van der Waals surface area contributed by atoms with E-state index in [0.29, 0.717) is 12.2 Å².